The van der Waals surface area contributed by atoms with Gasteiger partial charge in [0.25, 0.3) is 5.91 Å². The van der Waals surface area contributed by atoms with Crippen LogP contribution in [0.5, 0.6) is 5.75 Å². The van der Waals surface area contributed by atoms with E-state index in [4.69, 9.17) is 10.8 Å². The molecule has 0 saturated heterocycles. The third-order valence-corrected chi connectivity index (χ3v) is 8.07. The molecule has 14 nitrogen and oxygen atoms in total. The molecule has 0 unspecified atom stereocenters. The van der Waals surface area contributed by atoms with Crippen molar-refractivity contribution in [3.63, 3.8) is 0 Å². The van der Waals surface area contributed by atoms with Crippen molar-refractivity contribution in [3.05, 3.63) is 108 Å². The van der Waals surface area contributed by atoms with Crippen LogP contribution in [0.3, 0.4) is 0 Å². The summed E-state index contributed by atoms with van der Waals surface area (Å²) in [5.41, 5.74) is 7.65. The Morgan fingerprint density at radius 3 is 2.04 bits per heavy atom. The lowest BCUT2D eigenvalue weighted by Crippen LogP contribution is -2.58. The molecule has 0 fully saturated rings. The molecule has 0 saturated carbocycles. The fourth-order valence-electron chi connectivity index (χ4n) is 5.16. The van der Waals surface area contributed by atoms with E-state index in [0.29, 0.717) is 11.1 Å². The summed E-state index contributed by atoms with van der Waals surface area (Å²) in [4.78, 5) is 63.5. The Kier molecular flexibility index (Phi) is 14.7. The number of amides is 3. The van der Waals surface area contributed by atoms with E-state index in [-0.39, 0.29) is 54.3 Å². The summed E-state index contributed by atoms with van der Waals surface area (Å²) in [6.45, 7) is 7.41. The zero-order chi connectivity index (χ0) is 37.7. The van der Waals surface area contributed by atoms with Crippen LogP contribution in [0.4, 0.5) is 5.69 Å². The number of aliphatic hydroxyl groups excluding tert-OH is 1. The van der Waals surface area contributed by atoms with E-state index < -0.39 is 59.9 Å². The van der Waals surface area contributed by atoms with Crippen LogP contribution in [0.25, 0.3) is 0 Å². The number of aromatic carboxylic acids is 1. The molecule has 5 atom stereocenters. The van der Waals surface area contributed by atoms with Crippen molar-refractivity contribution in [1.82, 2.24) is 16.0 Å². The molecule has 3 rings (SSSR count). The van der Waals surface area contributed by atoms with Gasteiger partial charge in [0, 0.05) is 30.3 Å². The van der Waals surface area contributed by atoms with Crippen LogP contribution in [0.2, 0.25) is 0 Å². The lowest BCUT2D eigenvalue weighted by Gasteiger charge is -2.30. The molecule has 0 aliphatic heterocycles. The summed E-state index contributed by atoms with van der Waals surface area (Å²) in [5, 5.41) is 50.4. The van der Waals surface area contributed by atoms with Crippen LogP contribution < -0.4 is 27.0 Å². The number of phenols is 1. The van der Waals surface area contributed by atoms with Gasteiger partial charge in [-0.05, 0) is 60.2 Å². The Balaban J connectivity index is 1.88. The monoisotopic (exact) mass is 703 g/mol. The standard InChI is InChI=1S/C37H45N5O9/c1-21(2)32(39-22(3)28(38)16-17-31(44)45)35(48)42-30(19-24-12-14-27(43)15-13-24)34(47)41-29(18-23-8-5-4-6-9-23)33(46)36(49)40-26-11-7-10-25(20-26)37(50)51/h4-15,20-21,28-30,32-33,39,43,46H,3,16-19,38H2,1-2H3,(H,40,49)(H,41,47)(H,42,48)(H,44,45)(H,50,51)/t28-,29-,30-,32-,33+/m0/s1. The third kappa shape index (κ3) is 12.6. The Labute approximate surface area is 295 Å². The van der Waals surface area contributed by atoms with E-state index in [0.717, 1.165) is 0 Å². The molecule has 0 aromatic heterocycles. The Bertz CT molecular complexity index is 1680. The molecule has 0 heterocycles. The Hall–Kier alpha value is -5.73. The number of anilines is 1. The molecular formula is C37H45N5O9. The summed E-state index contributed by atoms with van der Waals surface area (Å²) >= 11 is 0. The van der Waals surface area contributed by atoms with Crippen molar-refractivity contribution < 1.29 is 44.4 Å². The average molecular weight is 704 g/mol. The molecule has 3 aromatic rings. The quantitative estimate of drug-likeness (QED) is 0.0877. The van der Waals surface area contributed by atoms with Gasteiger partial charge in [0.1, 0.15) is 17.8 Å². The van der Waals surface area contributed by atoms with Crippen molar-refractivity contribution >= 4 is 35.3 Å². The first kappa shape index (κ1) is 39.7. The number of aliphatic hydroxyl groups is 1. The molecule has 0 aliphatic rings. The van der Waals surface area contributed by atoms with Gasteiger partial charge in [0.2, 0.25) is 11.8 Å². The first-order chi connectivity index (χ1) is 24.1. The summed E-state index contributed by atoms with van der Waals surface area (Å²) < 4.78 is 0. The molecule has 10 N–H and O–H groups in total. The van der Waals surface area contributed by atoms with Gasteiger partial charge in [-0.2, -0.15) is 0 Å². The second-order valence-corrected chi connectivity index (χ2v) is 12.5. The third-order valence-electron chi connectivity index (χ3n) is 8.07. The molecule has 3 amide bonds. The highest BCUT2D eigenvalue weighted by Crippen LogP contribution is 2.16. The van der Waals surface area contributed by atoms with Gasteiger partial charge < -0.3 is 47.4 Å². The summed E-state index contributed by atoms with van der Waals surface area (Å²) in [6.07, 6.45) is -1.94. The number of carbonyl (C=O) groups excluding carboxylic acids is 3. The fraction of sp³-hybridized carbons (Fsp3) is 0.324. The summed E-state index contributed by atoms with van der Waals surface area (Å²) in [6, 6.07) is 16.2. The fourth-order valence-corrected chi connectivity index (χ4v) is 5.16. The highest BCUT2D eigenvalue weighted by atomic mass is 16.4. The zero-order valence-corrected chi connectivity index (χ0v) is 28.4. The van der Waals surface area contributed by atoms with Gasteiger partial charge in [0.05, 0.1) is 11.6 Å². The molecule has 0 bridgehead atoms. The first-order valence-corrected chi connectivity index (χ1v) is 16.3. The molecule has 14 heteroatoms. The van der Waals surface area contributed by atoms with Gasteiger partial charge >= 0.3 is 11.9 Å². The van der Waals surface area contributed by atoms with E-state index in [2.05, 4.69) is 27.8 Å². The van der Waals surface area contributed by atoms with Crippen LogP contribution in [0.15, 0.2) is 91.1 Å². The minimum atomic E-state index is -1.81. The second kappa shape index (κ2) is 18.9. The maximum atomic E-state index is 14.0. The van der Waals surface area contributed by atoms with E-state index in [1.54, 1.807) is 56.3 Å². The van der Waals surface area contributed by atoms with Crippen molar-refractivity contribution in [2.75, 3.05) is 5.32 Å². The second-order valence-electron chi connectivity index (χ2n) is 12.5. The number of phenolic OH excluding ortho intramolecular Hbond substituents is 1. The summed E-state index contributed by atoms with van der Waals surface area (Å²) in [5.74, 6) is -4.79. The van der Waals surface area contributed by atoms with E-state index in [1.807, 2.05) is 0 Å². The number of nitrogens with one attached hydrogen (secondary N) is 4. The Morgan fingerprint density at radius 2 is 1.43 bits per heavy atom. The number of nitrogens with two attached hydrogens (primary N) is 1. The maximum Gasteiger partial charge on any atom is 0.335 e. The smallest absolute Gasteiger partial charge is 0.335 e. The van der Waals surface area contributed by atoms with Gasteiger partial charge in [-0.25, -0.2) is 4.79 Å². The van der Waals surface area contributed by atoms with Gasteiger partial charge in [0.15, 0.2) is 6.10 Å². The molecular weight excluding hydrogens is 658 g/mol. The van der Waals surface area contributed by atoms with Crippen molar-refractivity contribution in [3.8, 4) is 5.75 Å². The van der Waals surface area contributed by atoms with Gasteiger partial charge in [-0.1, -0.05) is 69.0 Å². The van der Waals surface area contributed by atoms with E-state index in [1.165, 1.54) is 36.4 Å². The molecule has 3 aromatic carbocycles. The summed E-state index contributed by atoms with van der Waals surface area (Å²) in [7, 11) is 0. The van der Waals surface area contributed by atoms with Crippen molar-refractivity contribution in [2.24, 2.45) is 11.7 Å². The van der Waals surface area contributed by atoms with Crippen LogP contribution in [0, 0.1) is 5.92 Å². The minimum Gasteiger partial charge on any atom is -0.508 e. The molecule has 0 spiro atoms. The largest absolute Gasteiger partial charge is 0.508 e. The van der Waals surface area contributed by atoms with Crippen molar-refractivity contribution in [1.29, 1.82) is 0 Å². The highest BCUT2D eigenvalue weighted by molar-refractivity contribution is 5.97. The van der Waals surface area contributed by atoms with Crippen LogP contribution >= 0.6 is 0 Å². The zero-order valence-electron chi connectivity index (χ0n) is 28.4. The maximum absolute atomic E-state index is 14.0. The van der Waals surface area contributed by atoms with E-state index >= 15 is 0 Å². The number of benzene rings is 3. The highest BCUT2D eigenvalue weighted by Gasteiger charge is 2.33. The van der Waals surface area contributed by atoms with Gasteiger partial charge in [-0.15, -0.1) is 0 Å². The lowest BCUT2D eigenvalue weighted by atomic mass is 9.98. The van der Waals surface area contributed by atoms with Crippen LogP contribution in [-0.4, -0.2) is 80.4 Å². The number of carboxylic acid groups (broad SMARTS) is 2. The average Bonchev–Trinajstić information content (AvgIpc) is 3.09. The molecule has 0 radical (unpaired) electrons. The SMILES string of the molecule is C=C(N[C@H](C(=O)N[C@@H](Cc1ccc(O)cc1)C(=O)N[C@@H](Cc1ccccc1)[C@@H](O)C(=O)Nc1cccc(C(=O)O)c1)C(C)C)[C@@H](N)CCC(=O)O. The first-order valence-electron chi connectivity index (χ1n) is 16.3. The number of hydrogen-bond donors (Lipinski definition) is 9. The van der Waals surface area contributed by atoms with Crippen molar-refractivity contribution in [2.45, 2.75) is 69.8 Å². The number of aromatic hydroxyl groups is 1. The van der Waals surface area contributed by atoms with Crippen LogP contribution in [0.1, 0.15) is 48.2 Å². The van der Waals surface area contributed by atoms with Gasteiger partial charge in [-0.3, -0.25) is 19.2 Å². The lowest BCUT2D eigenvalue weighted by molar-refractivity contribution is -0.137. The number of hydrogen-bond acceptors (Lipinski definition) is 9. The Morgan fingerprint density at radius 1 is 0.784 bits per heavy atom. The number of rotatable bonds is 19. The molecule has 272 valence electrons. The molecule has 0 aliphatic carbocycles. The normalized spacial score (nSPS) is 13.9. The predicted molar refractivity (Wildman–Crippen MR) is 190 cm³/mol. The predicted octanol–water partition coefficient (Wildman–Crippen LogP) is 2.16. The topological polar surface area (TPSA) is 240 Å². The minimum absolute atomic E-state index is 0.00319. The number of carboxylic acids is 2. The molecule has 51 heavy (non-hydrogen) atoms. The van der Waals surface area contributed by atoms with E-state index in [9.17, 15) is 39.3 Å². The van der Waals surface area contributed by atoms with Crippen LogP contribution in [-0.2, 0) is 32.0 Å². The number of carbonyl (C=O) groups is 5. The number of aliphatic carboxylic acids is 1.